The quantitative estimate of drug-likeness (QED) is 0.417. The van der Waals surface area contributed by atoms with Crippen molar-refractivity contribution in [3.8, 4) is 0 Å². The van der Waals surface area contributed by atoms with Gasteiger partial charge in [0.1, 0.15) is 0 Å². The minimum atomic E-state index is -0.348. The van der Waals surface area contributed by atoms with Crippen LogP contribution in [0.2, 0.25) is 0 Å². The van der Waals surface area contributed by atoms with Crippen molar-refractivity contribution in [2.24, 2.45) is 10.8 Å². The second-order valence-corrected chi connectivity index (χ2v) is 7.64. The molecule has 0 aromatic heterocycles. The molecule has 0 heterocycles. The van der Waals surface area contributed by atoms with Crippen LogP contribution in [0.25, 0.3) is 0 Å². The Bertz CT molecular complexity index is 382. The summed E-state index contributed by atoms with van der Waals surface area (Å²) in [5, 5.41) is 0. The second kappa shape index (κ2) is 6.60. The maximum Gasteiger partial charge on any atom is 0 e. The Kier molecular flexibility index (Phi) is 6.95. The van der Waals surface area contributed by atoms with Crippen LogP contribution in [0.5, 0.6) is 0 Å². The van der Waals surface area contributed by atoms with E-state index in [0.29, 0.717) is 26.2 Å². The number of carbonyl (C=O) groups is 1. The molecular weight excluding hydrogens is 609 g/mol. The zero-order valence-electron chi connectivity index (χ0n) is 12.2. The molecule has 0 bridgehead atoms. The summed E-state index contributed by atoms with van der Waals surface area (Å²) >= 11 is 0.374. The third-order valence-corrected chi connectivity index (χ3v) is 4.08. The predicted octanol–water partition coefficient (Wildman–Crippen LogP) is 2.60. The summed E-state index contributed by atoms with van der Waals surface area (Å²) in [4.78, 5) is 12.5. The molecule has 0 aromatic carbocycles. The van der Waals surface area contributed by atoms with Gasteiger partial charge in [-0.3, -0.25) is 0 Å². The third-order valence-electron chi connectivity index (χ3n) is 3.03. The molecular formula is C14H21O2Tl2. The summed E-state index contributed by atoms with van der Waals surface area (Å²) in [6.45, 7) is 12.6. The number of carbonyl (C=O) groups excluding carboxylic acids is 1. The van der Waals surface area contributed by atoms with Crippen LogP contribution >= 0.6 is 0 Å². The zero-order chi connectivity index (χ0) is 13.4. The molecule has 0 aromatic rings. The van der Waals surface area contributed by atoms with E-state index in [4.69, 9.17) is 2.69 Å². The fourth-order valence-electron chi connectivity index (χ4n) is 2.02. The van der Waals surface area contributed by atoms with Gasteiger partial charge in [-0.25, -0.2) is 0 Å². The monoisotopic (exact) mass is 631 g/mol. The van der Waals surface area contributed by atoms with Crippen molar-refractivity contribution in [3.05, 3.63) is 23.3 Å². The average Bonchev–Trinajstić information content (AvgIpc) is 2.13. The first-order valence-electron chi connectivity index (χ1n) is 5.91. The van der Waals surface area contributed by atoms with Gasteiger partial charge in [-0.05, 0) is 0 Å². The van der Waals surface area contributed by atoms with Crippen LogP contribution in [0, 0.1) is 10.8 Å². The van der Waals surface area contributed by atoms with Crippen molar-refractivity contribution in [2.75, 3.05) is 0 Å². The first-order valence-corrected chi connectivity index (χ1v) is 7.75. The van der Waals surface area contributed by atoms with Crippen molar-refractivity contribution < 1.29 is 7.48 Å². The van der Waals surface area contributed by atoms with E-state index in [9.17, 15) is 4.79 Å². The van der Waals surface area contributed by atoms with E-state index in [1.54, 1.807) is 0 Å². The van der Waals surface area contributed by atoms with Gasteiger partial charge in [-0.2, -0.15) is 0 Å². The summed E-state index contributed by atoms with van der Waals surface area (Å²) in [5.41, 5.74) is 1.84. The number of allylic oxidation sites excluding steroid dienone is 2. The van der Waals surface area contributed by atoms with Crippen LogP contribution in [-0.4, -0.2) is 65.4 Å². The molecule has 0 spiro atoms. The molecule has 1 aliphatic rings. The van der Waals surface area contributed by atoms with Gasteiger partial charge in [0, 0.05) is 27.3 Å². The van der Waals surface area contributed by atoms with E-state index < -0.39 is 0 Å². The maximum absolute atomic E-state index is 12.5. The fourth-order valence-corrected chi connectivity index (χ4v) is 3.07. The van der Waals surface area contributed by atoms with Crippen LogP contribution in [0.3, 0.4) is 0 Å². The Morgan fingerprint density at radius 3 is 1.89 bits per heavy atom. The summed E-state index contributed by atoms with van der Waals surface area (Å²) in [7, 11) is 0. The minimum absolute atomic E-state index is 0. The Morgan fingerprint density at radius 1 is 1.06 bits per heavy atom. The molecule has 0 fully saturated rings. The molecule has 0 aliphatic heterocycles. The van der Waals surface area contributed by atoms with Crippen molar-refractivity contribution in [2.45, 2.75) is 47.6 Å². The summed E-state index contributed by atoms with van der Waals surface area (Å²) in [6.07, 6.45) is 3.71. The van der Waals surface area contributed by atoms with Crippen molar-refractivity contribution in [1.82, 2.24) is 0 Å². The van der Waals surface area contributed by atoms with Crippen LogP contribution in [0.1, 0.15) is 41.5 Å². The van der Waals surface area contributed by atoms with Crippen LogP contribution in [0.4, 0.5) is 0 Å². The molecule has 0 saturated heterocycles. The Balaban J connectivity index is 0.00000289. The van der Waals surface area contributed by atoms with Gasteiger partial charge in [-0.15, -0.1) is 0 Å². The first-order chi connectivity index (χ1) is 7.59. The van der Waals surface area contributed by atoms with Gasteiger partial charge in [0.15, 0.2) is 0 Å². The van der Waals surface area contributed by atoms with Crippen molar-refractivity contribution in [3.63, 3.8) is 0 Å². The number of ketones is 1. The van der Waals surface area contributed by atoms with Gasteiger partial charge in [-0.1, -0.05) is 0 Å². The van der Waals surface area contributed by atoms with Gasteiger partial charge < -0.3 is 0 Å². The Labute approximate surface area is 147 Å². The third kappa shape index (κ3) is 4.23. The number of rotatable bonds is 1. The van der Waals surface area contributed by atoms with Crippen LogP contribution < -0.4 is 0 Å². The maximum atomic E-state index is 12.5. The molecule has 2 nitrogen and oxygen atoms in total. The minimum Gasteiger partial charge on any atom is 0 e. The van der Waals surface area contributed by atoms with E-state index in [1.807, 2.05) is 6.08 Å². The number of hydrogen-bond acceptors (Lipinski definition) is 2. The molecule has 1 aliphatic carbocycles. The molecule has 1 atom stereocenters. The van der Waals surface area contributed by atoms with Gasteiger partial charge in [0.2, 0.25) is 0 Å². The molecule has 18 heavy (non-hydrogen) atoms. The molecule has 1 unspecified atom stereocenters. The molecule has 1 radical (unpaired) electrons. The second-order valence-electron chi connectivity index (χ2n) is 6.58. The SMILES string of the molecule is CC(C)(C)C1=CC=C(C(C)(C)C)C([O][Tl])C1=O.[Tl]. The predicted molar refractivity (Wildman–Crippen MR) is 76.5 cm³/mol. The van der Waals surface area contributed by atoms with Crippen LogP contribution in [-0.2, 0) is 7.48 Å². The van der Waals surface area contributed by atoms with Gasteiger partial charge in [0.25, 0.3) is 0 Å². The summed E-state index contributed by atoms with van der Waals surface area (Å²) in [6, 6.07) is 0. The van der Waals surface area contributed by atoms with Crippen molar-refractivity contribution in [1.29, 1.82) is 0 Å². The Hall–Kier alpha value is 0.954. The summed E-state index contributed by atoms with van der Waals surface area (Å²) < 4.78 is 5.58. The van der Waals surface area contributed by atoms with E-state index in [-0.39, 0.29) is 50.0 Å². The van der Waals surface area contributed by atoms with Gasteiger partial charge in [0.05, 0.1) is 0 Å². The zero-order valence-corrected chi connectivity index (χ0v) is 21.2. The van der Waals surface area contributed by atoms with E-state index >= 15 is 0 Å². The largest absolute Gasteiger partial charge is 0 e. The van der Waals surface area contributed by atoms with Crippen molar-refractivity contribution >= 4 is 59.3 Å². The first kappa shape index (κ1) is 19.0. The average molecular weight is 630 g/mol. The molecule has 0 amide bonds. The fraction of sp³-hybridized carbons (Fsp3) is 0.643. The van der Waals surface area contributed by atoms with E-state index in [0.717, 1.165) is 11.1 Å². The molecule has 95 valence electrons. The Morgan fingerprint density at radius 2 is 1.56 bits per heavy atom. The van der Waals surface area contributed by atoms with E-state index in [1.165, 1.54) is 0 Å². The van der Waals surface area contributed by atoms with Gasteiger partial charge >= 0.3 is 121 Å². The number of Topliss-reactive ketones (excluding diaryl/α,β-unsaturated/α-hetero) is 1. The standard InChI is InChI=1S/C14H21O2.2Tl/c1-13(2,3)9-7-8-10(14(4,5)6)12(16)11(9)15;;/h7-8,11H,1-6H3;;/q-1;;+1. The molecule has 4 heteroatoms. The normalized spacial score (nSPS) is 20.9. The topological polar surface area (TPSA) is 26.3 Å². The summed E-state index contributed by atoms with van der Waals surface area (Å²) in [5.74, 6) is 0.146. The smallest absolute Gasteiger partial charge is 0 e. The molecule has 0 saturated carbocycles. The number of hydrogen-bond donors (Lipinski definition) is 0. The molecule has 1 rings (SSSR count). The van der Waals surface area contributed by atoms with E-state index in [2.05, 4.69) is 47.6 Å². The van der Waals surface area contributed by atoms with Crippen LogP contribution in [0.15, 0.2) is 23.3 Å². The molecule has 0 N–H and O–H groups in total.